The Morgan fingerprint density at radius 3 is 2.91 bits per heavy atom. The molecule has 2 amide bonds. The molecule has 0 aromatic heterocycles. The van der Waals surface area contributed by atoms with Crippen molar-refractivity contribution in [1.82, 2.24) is 9.80 Å². The van der Waals surface area contributed by atoms with Gasteiger partial charge in [-0.2, -0.15) is 0 Å². The van der Waals surface area contributed by atoms with Crippen LogP contribution in [-0.2, 0) is 9.59 Å². The minimum absolute atomic E-state index is 0.121. The Hall–Kier alpha value is -1.36. The maximum Gasteiger partial charge on any atom is 0.226 e. The fraction of sp³-hybridized carbons (Fsp3) is 0.765. The number of fused-ring (bicyclic) bond motifs is 1. The van der Waals surface area contributed by atoms with Gasteiger partial charge in [0.15, 0.2) is 0 Å². The van der Waals surface area contributed by atoms with Crippen LogP contribution in [0.5, 0.6) is 0 Å². The Bertz CT molecular complexity index is 422. The van der Waals surface area contributed by atoms with Gasteiger partial charge in [0.25, 0.3) is 0 Å². The number of hydrogen-bond donors (Lipinski definition) is 1. The number of piperidine rings is 2. The molecular weight excluding hydrogens is 280 g/mol. The van der Waals surface area contributed by atoms with Crippen LogP contribution in [0.2, 0.25) is 0 Å². The van der Waals surface area contributed by atoms with E-state index in [-0.39, 0.29) is 24.5 Å². The maximum absolute atomic E-state index is 12.2. The molecule has 1 N–H and O–H groups in total. The molecule has 2 fully saturated rings. The van der Waals surface area contributed by atoms with E-state index in [4.69, 9.17) is 5.11 Å². The van der Waals surface area contributed by atoms with Gasteiger partial charge in [0.05, 0.1) is 0 Å². The second-order valence-electron chi connectivity index (χ2n) is 6.24. The molecular formula is C17H28N2O3. The highest BCUT2D eigenvalue weighted by Crippen LogP contribution is 2.31. The topological polar surface area (TPSA) is 60.9 Å². The average Bonchev–Trinajstić information content (AvgIpc) is 2.53. The van der Waals surface area contributed by atoms with Gasteiger partial charge in [-0.25, -0.2) is 0 Å². The number of amides is 2. The largest absolute Gasteiger partial charge is 0.396 e. The van der Waals surface area contributed by atoms with E-state index in [9.17, 15) is 9.59 Å². The van der Waals surface area contributed by atoms with E-state index in [0.717, 1.165) is 32.4 Å². The molecule has 2 saturated heterocycles. The predicted molar refractivity (Wildman–Crippen MR) is 85.2 cm³/mol. The van der Waals surface area contributed by atoms with Crippen LogP contribution in [-0.4, -0.2) is 59.0 Å². The summed E-state index contributed by atoms with van der Waals surface area (Å²) >= 11 is 0. The second-order valence-corrected chi connectivity index (χ2v) is 6.24. The van der Waals surface area contributed by atoms with E-state index in [0.29, 0.717) is 31.7 Å². The van der Waals surface area contributed by atoms with Crippen LogP contribution in [0, 0.1) is 5.92 Å². The molecule has 0 saturated carbocycles. The van der Waals surface area contributed by atoms with E-state index in [1.807, 2.05) is 22.0 Å². The Labute approximate surface area is 133 Å². The number of aliphatic hydroxyl groups is 1. The van der Waals surface area contributed by atoms with Gasteiger partial charge in [-0.05, 0) is 31.6 Å². The first-order valence-corrected chi connectivity index (χ1v) is 8.50. The molecule has 5 nitrogen and oxygen atoms in total. The minimum Gasteiger partial charge on any atom is -0.396 e. The molecule has 2 atom stereocenters. The van der Waals surface area contributed by atoms with Crippen molar-refractivity contribution in [3.63, 3.8) is 0 Å². The molecule has 2 rings (SSSR count). The van der Waals surface area contributed by atoms with Gasteiger partial charge in [-0.15, -0.1) is 0 Å². The van der Waals surface area contributed by atoms with E-state index >= 15 is 0 Å². The third kappa shape index (κ3) is 4.09. The number of carbonyl (C=O) groups excluding carboxylic acids is 2. The Morgan fingerprint density at radius 2 is 2.18 bits per heavy atom. The molecule has 0 unspecified atom stereocenters. The van der Waals surface area contributed by atoms with Crippen LogP contribution >= 0.6 is 0 Å². The van der Waals surface area contributed by atoms with Gasteiger partial charge in [0, 0.05) is 45.1 Å². The fourth-order valence-electron chi connectivity index (χ4n) is 3.59. The average molecular weight is 308 g/mol. The molecule has 0 bridgehead atoms. The van der Waals surface area contributed by atoms with Crippen LogP contribution in [0.25, 0.3) is 0 Å². The second kappa shape index (κ2) is 8.32. The quantitative estimate of drug-likeness (QED) is 0.758. The van der Waals surface area contributed by atoms with Crippen molar-refractivity contribution < 1.29 is 14.7 Å². The number of carbonyl (C=O) groups is 2. The Kier molecular flexibility index (Phi) is 6.43. The lowest BCUT2D eigenvalue weighted by Gasteiger charge is -2.47. The summed E-state index contributed by atoms with van der Waals surface area (Å²) in [5.74, 6) is 0.798. The summed E-state index contributed by atoms with van der Waals surface area (Å²) in [7, 11) is 0. The van der Waals surface area contributed by atoms with Crippen LogP contribution in [0.3, 0.4) is 0 Å². The standard InChI is InChI=1S/C17H28N2O3/c1-2-3-4-6-16(21)18-11-9-15-14(13-18)7-8-17(22)19(15)10-5-12-20/h3-4,14-15,20H,2,5-13H2,1H3/b4-3+/t14-,15+/m0/s1. The fourth-order valence-corrected chi connectivity index (χ4v) is 3.59. The highest BCUT2D eigenvalue weighted by Gasteiger charge is 2.39. The number of hydrogen-bond acceptors (Lipinski definition) is 3. The number of rotatable bonds is 6. The summed E-state index contributed by atoms with van der Waals surface area (Å²) in [4.78, 5) is 28.2. The predicted octanol–water partition coefficient (Wildman–Crippen LogP) is 1.56. The van der Waals surface area contributed by atoms with Crippen LogP contribution in [0.4, 0.5) is 0 Å². The van der Waals surface area contributed by atoms with Crippen molar-refractivity contribution in [2.45, 2.75) is 51.5 Å². The van der Waals surface area contributed by atoms with Crippen molar-refractivity contribution in [2.75, 3.05) is 26.2 Å². The number of likely N-dealkylation sites (tertiary alicyclic amines) is 2. The van der Waals surface area contributed by atoms with Gasteiger partial charge in [0.1, 0.15) is 0 Å². The molecule has 0 aliphatic carbocycles. The molecule has 5 heteroatoms. The summed E-state index contributed by atoms with van der Waals surface area (Å²) in [6.07, 6.45) is 8.38. The van der Waals surface area contributed by atoms with E-state index < -0.39 is 0 Å². The first-order chi connectivity index (χ1) is 10.7. The van der Waals surface area contributed by atoms with E-state index in [2.05, 4.69) is 6.92 Å². The summed E-state index contributed by atoms with van der Waals surface area (Å²) in [5, 5.41) is 9.00. The lowest BCUT2D eigenvalue weighted by atomic mass is 9.83. The molecule has 0 spiro atoms. The zero-order valence-electron chi connectivity index (χ0n) is 13.5. The van der Waals surface area contributed by atoms with Gasteiger partial charge in [-0.3, -0.25) is 9.59 Å². The molecule has 2 aliphatic rings. The van der Waals surface area contributed by atoms with Crippen molar-refractivity contribution >= 4 is 11.8 Å². The highest BCUT2D eigenvalue weighted by atomic mass is 16.3. The summed E-state index contributed by atoms with van der Waals surface area (Å²) < 4.78 is 0. The van der Waals surface area contributed by atoms with Crippen LogP contribution in [0.1, 0.15) is 45.4 Å². The molecule has 0 radical (unpaired) electrons. The van der Waals surface area contributed by atoms with Crippen molar-refractivity contribution in [3.8, 4) is 0 Å². The molecule has 124 valence electrons. The van der Waals surface area contributed by atoms with Crippen LogP contribution in [0.15, 0.2) is 12.2 Å². The third-order valence-corrected chi connectivity index (χ3v) is 4.75. The van der Waals surface area contributed by atoms with Gasteiger partial charge >= 0.3 is 0 Å². The molecule has 2 heterocycles. The van der Waals surface area contributed by atoms with E-state index in [1.54, 1.807) is 0 Å². The van der Waals surface area contributed by atoms with Crippen molar-refractivity contribution in [3.05, 3.63) is 12.2 Å². The Balaban J connectivity index is 1.92. The van der Waals surface area contributed by atoms with Crippen LogP contribution < -0.4 is 0 Å². The van der Waals surface area contributed by atoms with Crippen molar-refractivity contribution in [2.24, 2.45) is 5.92 Å². The zero-order chi connectivity index (χ0) is 15.9. The molecule has 2 aliphatic heterocycles. The van der Waals surface area contributed by atoms with Gasteiger partial charge in [-0.1, -0.05) is 19.1 Å². The highest BCUT2D eigenvalue weighted by molar-refractivity contribution is 5.79. The molecule has 0 aromatic carbocycles. The molecule has 22 heavy (non-hydrogen) atoms. The summed E-state index contributed by atoms with van der Waals surface area (Å²) in [5.41, 5.74) is 0. The Morgan fingerprint density at radius 1 is 1.36 bits per heavy atom. The lowest BCUT2D eigenvalue weighted by Crippen LogP contribution is -2.57. The van der Waals surface area contributed by atoms with Gasteiger partial charge < -0.3 is 14.9 Å². The first-order valence-electron chi connectivity index (χ1n) is 8.50. The monoisotopic (exact) mass is 308 g/mol. The maximum atomic E-state index is 12.2. The smallest absolute Gasteiger partial charge is 0.226 e. The summed E-state index contributed by atoms with van der Waals surface area (Å²) in [6, 6.07) is 0.253. The normalized spacial score (nSPS) is 25.6. The molecule has 0 aromatic rings. The number of nitrogens with zero attached hydrogens (tertiary/aromatic N) is 2. The third-order valence-electron chi connectivity index (χ3n) is 4.75. The van der Waals surface area contributed by atoms with E-state index in [1.165, 1.54) is 0 Å². The SMILES string of the molecule is CC/C=C/CC(=O)N1CC[C@@H]2[C@@H](CCC(=O)N2CCCO)C1. The van der Waals surface area contributed by atoms with Gasteiger partial charge in [0.2, 0.25) is 11.8 Å². The summed E-state index contributed by atoms with van der Waals surface area (Å²) in [6.45, 7) is 4.33. The van der Waals surface area contributed by atoms with Crippen molar-refractivity contribution in [1.29, 1.82) is 0 Å². The number of aliphatic hydroxyl groups excluding tert-OH is 1. The minimum atomic E-state index is 0.121. The number of allylic oxidation sites excluding steroid dienone is 1. The lowest BCUT2D eigenvalue weighted by molar-refractivity contribution is -0.144. The zero-order valence-corrected chi connectivity index (χ0v) is 13.5. The first kappa shape index (κ1) is 17.0.